The van der Waals surface area contributed by atoms with Gasteiger partial charge >= 0.3 is 0 Å². The molecule has 0 radical (unpaired) electrons. The maximum absolute atomic E-state index is 13.8. The van der Waals surface area contributed by atoms with Gasteiger partial charge < -0.3 is 10.1 Å². The maximum Gasteiger partial charge on any atom is 0.254 e. The van der Waals surface area contributed by atoms with Crippen LogP contribution in [0.25, 0.3) is 0 Å². The molecule has 104 valence electrons. The second-order valence-electron chi connectivity index (χ2n) is 4.69. The quantitative estimate of drug-likeness (QED) is 0.923. The van der Waals surface area contributed by atoms with Crippen LogP contribution in [0.1, 0.15) is 29.6 Å². The van der Waals surface area contributed by atoms with Crippen LogP contribution in [0.5, 0.6) is 5.75 Å². The normalized spacial score (nSPS) is 22.3. The fourth-order valence-corrected chi connectivity index (χ4v) is 3.15. The van der Waals surface area contributed by atoms with Crippen molar-refractivity contribution in [1.29, 1.82) is 0 Å². The van der Waals surface area contributed by atoms with Crippen LogP contribution >= 0.6 is 11.8 Å². The van der Waals surface area contributed by atoms with Crippen molar-refractivity contribution in [3.05, 3.63) is 29.6 Å². The molecule has 2 rings (SSSR count). The molecule has 2 unspecified atom stereocenters. The number of benzene rings is 1. The molecule has 1 aliphatic carbocycles. The second kappa shape index (κ2) is 6.28. The van der Waals surface area contributed by atoms with Crippen LogP contribution in [0.2, 0.25) is 0 Å². The lowest BCUT2D eigenvalue weighted by molar-refractivity contribution is 0.0934. The number of hydrogen-bond donors (Lipinski definition) is 1. The first kappa shape index (κ1) is 14.2. The van der Waals surface area contributed by atoms with Crippen LogP contribution in [0.15, 0.2) is 18.2 Å². The van der Waals surface area contributed by atoms with Gasteiger partial charge in [0.1, 0.15) is 11.6 Å². The third-order valence-corrected chi connectivity index (χ3v) is 4.57. The summed E-state index contributed by atoms with van der Waals surface area (Å²) in [6, 6.07) is 4.45. The summed E-state index contributed by atoms with van der Waals surface area (Å²) in [5.74, 6) is -0.472. The maximum atomic E-state index is 13.8. The van der Waals surface area contributed by atoms with Crippen molar-refractivity contribution in [3.8, 4) is 5.75 Å². The number of amides is 1. The Morgan fingerprint density at radius 3 is 2.84 bits per heavy atom. The van der Waals surface area contributed by atoms with Crippen LogP contribution < -0.4 is 10.1 Å². The van der Waals surface area contributed by atoms with E-state index in [1.54, 1.807) is 6.07 Å². The van der Waals surface area contributed by atoms with Crippen molar-refractivity contribution in [2.24, 2.45) is 0 Å². The lowest BCUT2D eigenvalue weighted by Gasteiger charge is -2.13. The van der Waals surface area contributed by atoms with Crippen molar-refractivity contribution in [2.75, 3.05) is 13.4 Å². The van der Waals surface area contributed by atoms with Gasteiger partial charge in [0.2, 0.25) is 0 Å². The van der Waals surface area contributed by atoms with Crippen molar-refractivity contribution in [1.82, 2.24) is 5.32 Å². The molecule has 1 N–H and O–H groups in total. The van der Waals surface area contributed by atoms with E-state index in [1.165, 1.54) is 19.2 Å². The van der Waals surface area contributed by atoms with Crippen LogP contribution in [0, 0.1) is 5.82 Å². The number of thioether (sulfide) groups is 1. The van der Waals surface area contributed by atoms with Crippen molar-refractivity contribution >= 4 is 17.7 Å². The highest BCUT2D eigenvalue weighted by Crippen LogP contribution is 2.28. The number of hydrogen-bond acceptors (Lipinski definition) is 3. The molecule has 1 aliphatic rings. The molecule has 19 heavy (non-hydrogen) atoms. The fourth-order valence-electron chi connectivity index (χ4n) is 2.36. The molecule has 0 bridgehead atoms. The van der Waals surface area contributed by atoms with Gasteiger partial charge in [0.25, 0.3) is 5.91 Å². The van der Waals surface area contributed by atoms with Gasteiger partial charge in [-0.25, -0.2) is 4.39 Å². The zero-order chi connectivity index (χ0) is 13.8. The number of methoxy groups -OCH3 is 1. The standard InChI is InChI=1S/C14H18FNO2S/c1-18-10-4-6-12(13(15)8-10)14(17)16-9-3-5-11(7-9)19-2/h4,6,8-9,11H,3,5,7H2,1-2H3,(H,16,17). The van der Waals surface area contributed by atoms with Crippen molar-refractivity contribution < 1.29 is 13.9 Å². The molecule has 0 heterocycles. The summed E-state index contributed by atoms with van der Waals surface area (Å²) in [7, 11) is 1.47. The molecule has 0 spiro atoms. The molecule has 1 fully saturated rings. The predicted molar refractivity (Wildman–Crippen MR) is 75.4 cm³/mol. The molecule has 0 aliphatic heterocycles. The molecule has 5 heteroatoms. The molecule has 1 aromatic carbocycles. The third kappa shape index (κ3) is 3.41. The summed E-state index contributed by atoms with van der Waals surface area (Å²) in [6.45, 7) is 0. The van der Waals surface area contributed by atoms with Gasteiger partial charge in [-0.2, -0.15) is 11.8 Å². The van der Waals surface area contributed by atoms with Gasteiger partial charge in [0.15, 0.2) is 0 Å². The number of carbonyl (C=O) groups is 1. The van der Waals surface area contributed by atoms with E-state index in [-0.39, 0.29) is 17.5 Å². The number of rotatable bonds is 4. The SMILES string of the molecule is COc1ccc(C(=O)NC2CCC(SC)C2)c(F)c1. The molecule has 3 nitrogen and oxygen atoms in total. The summed E-state index contributed by atoms with van der Waals surface area (Å²) in [5, 5.41) is 3.51. The highest BCUT2D eigenvalue weighted by Gasteiger charge is 2.26. The summed E-state index contributed by atoms with van der Waals surface area (Å²) in [5.41, 5.74) is 0.0772. The number of carbonyl (C=O) groups excluding carboxylic acids is 1. The van der Waals surface area contributed by atoms with Crippen molar-refractivity contribution in [3.63, 3.8) is 0 Å². The molecule has 1 amide bonds. The zero-order valence-electron chi connectivity index (χ0n) is 11.1. The Hall–Kier alpha value is -1.23. The van der Waals surface area contributed by atoms with Crippen LogP contribution in [-0.2, 0) is 0 Å². The molecular weight excluding hydrogens is 265 g/mol. The predicted octanol–water partition coefficient (Wildman–Crippen LogP) is 2.85. The zero-order valence-corrected chi connectivity index (χ0v) is 11.9. The van der Waals surface area contributed by atoms with Crippen LogP contribution in [0.4, 0.5) is 4.39 Å². The lowest BCUT2D eigenvalue weighted by Crippen LogP contribution is -2.33. The van der Waals surface area contributed by atoms with Gasteiger partial charge in [-0.1, -0.05) is 0 Å². The van der Waals surface area contributed by atoms with Gasteiger partial charge in [-0.05, 0) is 37.7 Å². The largest absolute Gasteiger partial charge is 0.497 e. The number of halogens is 1. The van der Waals surface area contributed by atoms with Gasteiger partial charge in [0.05, 0.1) is 12.7 Å². The summed E-state index contributed by atoms with van der Waals surface area (Å²) >= 11 is 1.83. The van der Waals surface area contributed by atoms with Crippen LogP contribution in [-0.4, -0.2) is 30.6 Å². The first-order valence-corrected chi connectivity index (χ1v) is 7.60. The van der Waals surface area contributed by atoms with E-state index in [9.17, 15) is 9.18 Å². The smallest absolute Gasteiger partial charge is 0.254 e. The lowest BCUT2D eigenvalue weighted by atomic mass is 10.1. The van der Waals surface area contributed by atoms with Crippen molar-refractivity contribution in [2.45, 2.75) is 30.6 Å². The Morgan fingerprint density at radius 1 is 1.47 bits per heavy atom. The van der Waals surface area contributed by atoms with E-state index < -0.39 is 5.82 Å². The Labute approximate surface area is 116 Å². The highest BCUT2D eigenvalue weighted by molar-refractivity contribution is 7.99. The first-order valence-electron chi connectivity index (χ1n) is 6.31. The minimum Gasteiger partial charge on any atom is -0.497 e. The Kier molecular flexibility index (Phi) is 4.69. The summed E-state index contributed by atoms with van der Waals surface area (Å²) in [4.78, 5) is 12.0. The van der Waals surface area contributed by atoms with E-state index in [0.717, 1.165) is 19.3 Å². The minimum atomic E-state index is -0.545. The summed E-state index contributed by atoms with van der Waals surface area (Å²) in [6.07, 6.45) is 5.12. The molecule has 2 atom stereocenters. The molecule has 0 saturated heterocycles. The molecule has 1 aromatic rings. The third-order valence-electron chi connectivity index (χ3n) is 3.47. The van der Waals surface area contributed by atoms with Gasteiger partial charge in [-0.3, -0.25) is 4.79 Å². The van der Waals surface area contributed by atoms with Gasteiger partial charge in [-0.15, -0.1) is 0 Å². The number of ether oxygens (including phenoxy) is 1. The monoisotopic (exact) mass is 283 g/mol. The second-order valence-corrected chi connectivity index (χ2v) is 5.82. The Bertz CT molecular complexity index is 467. The Morgan fingerprint density at radius 2 is 2.26 bits per heavy atom. The van der Waals surface area contributed by atoms with E-state index in [2.05, 4.69) is 11.6 Å². The average molecular weight is 283 g/mol. The average Bonchev–Trinajstić information content (AvgIpc) is 2.86. The van der Waals surface area contributed by atoms with E-state index in [0.29, 0.717) is 11.0 Å². The topological polar surface area (TPSA) is 38.3 Å². The van der Waals surface area contributed by atoms with E-state index in [4.69, 9.17) is 4.74 Å². The van der Waals surface area contributed by atoms with Crippen LogP contribution in [0.3, 0.4) is 0 Å². The Balaban J connectivity index is 2.00. The number of nitrogens with one attached hydrogen (secondary N) is 1. The van der Waals surface area contributed by atoms with Gasteiger partial charge in [0, 0.05) is 17.4 Å². The summed E-state index contributed by atoms with van der Waals surface area (Å²) < 4.78 is 18.7. The minimum absolute atomic E-state index is 0.0772. The molecule has 1 saturated carbocycles. The fraction of sp³-hybridized carbons (Fsp3) is 0.500. The molecule has 0 aromatic heterocycles. The van der Waals surface area contributed by atoms with E-state index >= 15 is 0 Å². The first-order chi connectivity index (χ1) is 9.13. The highest BCUT2D eigenvalue weighted by atomic mass is 32.2. The van der Waals surface area contributed by atoms with E-state index in [1.807, 2.05) is 11.8 Å². The molecular formula is C14H18FNO2S.